The summed E-state index contributed by atoms with van der Waals surface area (Å²) in [5.41, 5.74) is -0.876. The van der Waals surface area contributed by atoms with E-state index in [1.807, 2.05) is 34.6 Å². The molecule has 0 fully saturated rings. The smallest absolute Gasteiger partial charge is 0.225 e. The average Bonchev–Trinajstić information content (AvgIpc) is 2.74. The molecule has 2 unspecified atom stereocenters. The summed E-state index contributed by atoms with van der Waals surface area (Å²) in [7, 11) is 5.05. The summed E-state index contributed by atoms with van der Waals surface area (Å²) in [6, 6.07) is 0.141. The van der Waals surface area contributed by atoms with Crippen molar-refractivity contribution in [3.05, 3.63) is 0 Å². The lowest BCUT2D eigenvalue weighted by Crippen LogP contribution is -2.44. The van der Waals surface area contributed by atoms with Gasteiger partial charge in [0.1, 0.15) is 0 Å². The van der Waals surface area contributed by atoms with Gasteiger partial charge in [0, 0.05) is 55.5 Å². The highest BCUT2D eigenvalue weighted by molar-refractivity contribution is 8.76. The van der Waals surface area contributed by atoms with Crippen LogP contribution in [0.3, 0.4) is 0 Å². The second-order valence-electron chi connectivity index (χ2n) is 10.5. The van der Waals surface area contributed by atoms with Crippen LogP contribution < -0.4 is 16.0 Å². The molecule has 34 heavy (non-hydrogen) atoms. The Kier molecular flexibility index (Phi) is 16.2. The van der Waals surface area contributed by atoms with E-state index >= 15 is 0 Å². The van der Waals surface area contributed by atoms with Gasteiger partial charge in [-0.15, -0.1) is 0 Å². The molecule has 0 aromatic carbocycles. The number of carbonyl (C=O) groups excluding carboxylic acids is 3. The largest absolute Gasteiger partial charge is 0.375 e. The third kappa shape index (κ3) is 15.9. The Bertz CT molecular complexity index is 627. The normalized spacial score (nSPS) is 13.9. The first-order valence-electron chi connectivity index (χ1n) is 12.4. The maximum absolute atomic E-state index is 12.6. The zero-order chi connectivity index (χ0) is 26.4. The maximum atomic E-state index is 12.6. The van der Waals surface area contributed by atoms with Crippen LogP contribution in [0.2, 0.25) is 0 Å². The van der Waals surface area contributed by atoms with Crippen LogP contribution in [-0.4, -0.2) is 60.6 Å². The third-order valence-electron chi connectivity index (χ3n) is 5.94. The molecule has 2 atom stereocenters. The maximum Gasteiger partial charge on any atom is 0.225 e. The SMILES string of the molecule is CNC(=O)CCC(C)SSCCC(=O)NCCC(C)(C)OCCC(C)(C)C(=O)NC(C)C(C)C. The average molecular weight is 520 g/mol. The molecule has 0 bridgehead atoms. The van der Waals surface area contributed by atoms with E-state index in [0.29, 0.717) is 50.0 Å². The fourth-order valence-electron chi connectivity index (χ4n) is 2.73. The van der Waals surface area contributed by atoms with Crippen molar-refractivity contribution in [2.45, 2.75) is 104 Å². The Labute approximate surface area is 215 Å². The number of carbonyl (C=O) groups is 3. The Morgan fingerprint density at radius 2 is 1.59 bits per heavy atom. The zero-order valence-corrected chi connectivity index (χ0v) is 24.5. The van der Waals surface area contributed by atoms with Gasteiger partial charge in [0.15, 0.2) is 0 Å². The van der Waals surface area contributed by atoms with Crippen LogP contribution in [0.4, 0.5) is 0 Å². The molecular weight excluding hydrogens is 470 g/mol. The van der Waals surface area contributed by atoms with Crippen molar-refractivity contribution < 1.29 is 19.1 Å². The van der Waals surface area contributed by atoms with Crippen molar-refractivity contribution in [2.24, 2.45) is 11.3 Å². The van der Waals surface area contributed by atoms with Crippen LogP contribution in [0, 0.1) is 11.3 Å². The van der Waals surface area contributed by atoms with Crippen molar-refractivity contribution >= 4 is 39.3 Å². The topological polar surface area (TPSA) is 96.5 Å². The highest BCUT2D eigenvalue weighted by Gasteiger charge is 2.30. The Balaban J connectivity index is 4.07. The van der Waals surface area contributed by atoms with Crippen LogP contribution >= 0.6 is 21.6 Å². The number of hydrogen-bond acceptors (Lipinski definition) is 6. The molecule has 0 aromatic heterocycles. The highest BCUT2D eigenvalue weighted by Crippen LogP contribution is 2.29. The zero-order valence-electron chi connectivity index (χ0n) is 22.8. The number of rotatable bonds is 18. The molecule has 0 aliphatic heterocycles. The van der Waals surface area contributed by atoms with Gasteiger partial charge in [-0.2, -0.15) is 0 Å². The van der Waals surface area contributed by atoms with Crippen LogP contribution in [0.5, 0.6) is 0 Å². The van der Waals surface area contributed by atoms with Crippen LogP contribution in [-0.2, 0) is 19.1 Å². The Morgan fingerprint density at radius 1 is 0.941 bits per heavy atom. The lowest BCUT2D eigenvalue weighted by atomic mass is 9.87. The summed E-state index contributed by atoms with van der Waals surface area (Å²) >= 11 is 0. The molecule has 0 heterocycles. The van der Waals surface area contributed by atoms with E-state index in [4.69, 9.17) is 4.74 Å². The fourth-order valence-corrected chi connectivity index (χ4v) is 5.07. The lowest BCUT2D eigenvalue weighted by Gasteiger charge is -2.30. The van der Waals surface area contributed by atoms with Gasteiger partial charge in [-0.1, -0.05) is 56.2 Å². The number of amides is 3. The lowest BCUT2D eigenvalue weighted by molar-refractivity contribution is -0.132. The monoisotopic (exact) mass is 519 g/mol. The molecule has 0 spiro atoms. The molecule has 3 amide bonds. The Hall–Kier alpha value is -0.930. The molecule has 0 aliphatic carbocycles. The first-order valence-corrected chi connectivity index (χ1v) is 14.8. The van der Waals surface area contributed by atoms with Gasteiger partial charge in [-0.25, -0.2) is 0 Å². The Morgan fingerprint density at radius 3 is 2.18 bits per heavy atom. The molecule has 0 radical (unpaired) electrons. The summed E-state index contributed by atoms with van der Waals surface area (Å²) in [4.78, 5) is 36.0. The first-order chi connectivity index (χ1) is 15.7. The molecular formula is C25H49N3O4S2. The van der Waals surface area contributed by atoms with E-state index in [2.05, 4.69) is 36.7 Å². The molecule has 200 valence electrons. The van der Waals surface area contributed by atoms with E-state index in [9.17, 15) is 14.4 Å². The van der Waals surface area contributed by atoms with Gasteiger partial charge >= 0.3 is 0 Å². The summed E-state index contributed by atoms with van der Waals surface area (Å²) in [6.07, 6.45) is 3.17. The van der Waals surface area contributed by atoms with Crippen LogP contribution in [0.15, 0.2) is 0 Å². The van der Waals surface area contributed by atoms with Crippen LogP contribution in [0.1, 0.15) is 87.5 Å². The predicted molar refractivity (Wildman–Crippen MR) is 146 cm³/mol. The van der Waals surface area contributed by atoms with Crippen molar-refractivity contribution in [3.8, 4) is 0 Å². The van der Waals surface area contributed by atoms with E-state index in [1.165, 1.54) is 0 Å². The molecule has 0 aromatic rings. The second-order valence-corrected chi connectivity index (χ2v) is 13.5. The van der Waals surface area contributed by atoms with Gasteiger partial charge in [0.25, 0.3) is 0 Å². The summed E-state index contributed by atoms with van der Waals surface area (Å²) in [6.45, 7) is 17.3. The molecule has 7 nitrogen and oxygen atoms in total. The van der Waals surface area contributed by atoms with Gasteiger partial charge in [0.05, 0.1) is 5.60 Å². The number of hydrogen-bond donors (Lipinski definition) is 3. The minimum Gasteiger partial charge on any atom is -0.375 e. The van der Waals surface area contributed by atoms with E-state index in [-0.39, 0.29) is 29.4 Å². The first kappa shape index (κ1) is 33.1. The van der Waals surface area contributed by atoms with Crippen molar-refractivity contribution in [1.82, 2.24) is 16.0 Å². The molecule has 0 rings (SSSR count). The summed E-state index contributed by atoms with van der Waals surface area (Å²) < 4.78 is 6.06. The van der Waals surface area contributed by atoms with Crippen molar-refractivity contribution in [3.63, 3.8) is 0 Å². The van der Waals surface area contributed by atoms with Crippen LogP contribution in [0.25, 0.3) is 0 Å². The van der Waals surface area contributed by atoms with E-state index in [0.717, 1.165) is 12.2 Å². The van der Waals surface area contributed by atoms with Gasteiger partial charge in [-0.05, 0) is 46.0 Å². The summed E-state index contributed by atoms with van der Waals surface area (Å²) in [5, 5.41) is 9.07. The van der Waals surface area contributed by atoms with Crippen molar-refractivity contribution in [1.29, 1.82) is 0 Å². The molecule has 3 N–H and O–H groups in total. The highest BCUT2D eigenvalue weighted by atomic mass is 33.1. The predicted octanol–water partition coefficient (Wildman–Crippen LogP) is 4.55. The standard InChI is InChI=1S/C25H49N3O4S2/c1-18(2)20(4)28-23(31)24(5,6)14-16-32-25(7,8)13-15-27-22(30)12-17-33-34-19(3)10-11-21(29)26-9/h18-20H,10-17H2,1-9H3,(H,26,29)(H,27,30)(H,28,31). The summed E-state index contributed by atoms with van der Waals surface area (Å²) in [5.74, 6) is 1.30. The molecule has 9 heteroatoms. The van der Waals surface area contributed by atoms with Gasteiger partial charge in [-0.3, -0.25) is 14.4 Å². The van der Waals surface area contributed by atoms with Gasteiger partial charge in [0.2, 0.25) is 17.7 Å². The molecule has 0 saturated heterocycles. The molecule has 0 saturated carbocycles. The minimum atomic E-state index is -0.497. The quantitative estimate of drug-likeness (QED) is 0.182. The minimum absolute atomic E-state index is 0.0407. The number of ether oxygens (including phenoxy) is 1. The van der Waals surface area contributed by atoms with E-state index in [1.54, 1.807) is 28.6 Å². The van der Waals surface area contributed by atoms with Gasteiger partial charge < -0.3 is 20.7 Å². The third-order valence-corrected chi connectivity index (χ3v) is 8.91. The van der Waals surface area contributed by atoms with Crippen molar-refractivity contribution in [2.75, 3.05) is 26.0 Å². The fraction of sp³-hybridized carbons (Fsp3) is 0.880. The number of nitrogens with one attached hydrogen (secondary N) is 3. The van der Waals surface area contributed by atoms with E-state index < -0.39 is 5.41 Å². The second kappa shape index (κ2) is 16.7. The molecule has 0 aliphatic rings.